The molecular formula is C23H44N3O10P. The molecule has 216 valence electrons. The Morgan fingerprint density at radius 1 is 1.05 bits per heavy atom. The lowest BCUT2D eigenvalue weighted by molar-refractivity contribution is -0.148. The highest BCUT2D eigenvalue weighted by Gasteiger charge is 2.47. The van der Waals surface area contributed by atoms with E-state index in [0.29, 0.717) is 6.42 Å². The van der Waals surface area contributed by atoms with Crippen LogP contribution in [0.15, 0.2) is 0 Å². The number of likely N-dealkylation sites (tertiary alicyclic amines) is 1. The van der Waals surface area contributed by atoms with Crippen molar-refractivity contribution in [3.05, 3.63) is 0 Å². The summed E-state index contributed by atoms with van der Waals surface area (Å²) in [5.74, 6) is -2.30. The second kappa shape index (κ2) is 15.7. The molecule has 0 saturated carbocycles. The second-order valence-corrected chi connectivity index (χ2v) is 11.8. The lowest BCUT2D eigenvalue weighted by Crippen LogP contribution is -2.55. The summed E-state index contributed by atoms with van der Waals surface area (Å²) >= 11 is 0. The number of carbonyl (C=O) groups excluding carboxylic acids is 2. The molecule has 0 aromatic rings. The number of carboxylic acids is 1. The Morgan fingerprint density at radius 3 is 2.22 bits per heavy atom. The van der Waals surface area contributed by atoms with Crippen LogP contribution in [0.5, 0.6) is 0 Å². The van der Waals surface area contributed by atoms with Crippen LogP contribution < -0.4 is 10.6 Å². The Kier molecular flexibility index (Phi) is 14.2. The molecule has 1 rings (SSSR count). The molecular weight excluding hydrogens is 509 g/mol. The number of aliphatic hydroxyl groups is 3. The molecule has 0 radical (unpaired) electrons. The Morgan fingerprint density at radius 2 is 1.65 bits per heavy atom. The third-order valence-corrected chi connectivity index (χ3v) is 7.88. The van der Waals surface area contributed by atoms with Crippen LogP contribution in [-0.4, -0.2) is 110 Å². The molecule has 7 N–H and O–H groups in total. The molecule has 0 aliphatic carbocycles. The van der Waals surface area contributed by atoms with E-state index in [1.165, 1.54) is 18.7 Å². The predicted octanol–water partition coefficient (Wildman–Crippen LogP) is -0.198. The summed E-state index contributed by atoms with van der Waals surface area (Å²) in [6.45, 7) is 2.98. The third-order valence-electron chi connectivity index (χ3n) is 6.58. The van der Waals surface area contributed by atoms with E-state index >= 15 is 0 Å². The largest absolute Gasteiger partial charge is 0.479 e. The maximum atomic E-state index is 12.7. The van der Waals surface area contributed by atoms with Crippen LogP contribution >= 0.6 is 7.60 Å². The Hall–Kier alpha value is -1.60. The Balaban J connectivity index is 2.70. The maximum Gasteiger partial charge on any atom is 0.331 e. The topological polar surface area (TPSA) is 206 Å². The van der Waals surface area contributed by atoms with Gasteiger partial charge in [0.15, 0.2) is 5.54 Å². The number of amides is 2. The molecule has 2 amide bonds. The van der Waals surface area contributed by atoms with Gasteiger partial charge in [0, 0.05) is 26.4 Å². The van der Waals surface area contributed by atoms with E-state index in [-0.39, 0.29) is 25.4 Å². The van der Waals surface area contributed by atoms with Crippen molar-refractivity contribution in [3.63, 3.8) is 0 Å². The van der Waals surface area contributed by atoms with Crippen molar-refractivity contribution in [1.82, 2.24) is 15.5 Å². The summed E-state index contributed by atoms with van der Waals surface area (Å²) in [5.41, 5.74) is -1.93. The minimum Gasteiger partial charge on any atom is -0.479 e. The molecule has 1 aliphatic heterocycles. The minimum atomic E-state index is -4.39. The standard InChI is InChI=1S/C23H44N3O10P/c1-4-5-6-7-8-9-10-19(29)25-23(3,22(32)33)15-36-37(34,35)12-11-26-17(13-24-16(2)28)20(30)21(31)18(26)14-27/h17-18,20-21,27,30-31H,4-15H2,1-3H3,(H,24,28)(H,25,29)(H,32,33)(H,34,35)/t17-,18-,20-,21-,23?/m1/s1. The average molecular weight is 554 g/mol. The van der Waals surface area contributed by atoms with E-state index < -0.39 is 68.7 Å². The van der Waals surface area contributed by atoms with Crippen molar-refractivity contribution >= 4 is 25.4 Å². The van der Waals surface area contributed by atoms with Gasteiger partial charge in [0.2, 0.25) is 11.8 Å². The van der Waals surface area contributed by atoms with Crippen LogP contribution in [0, 0.1) is 0 Å². The summed E-state index contributed by atoms with van der Waals surface area (Å²) in [6.07, 6.45) is 2.69. The molecule has 1 fully saturated rings. The van der Waals surface area contributed by atoms with Gasteiger partial charge >= 0.3 is 13.6 Å². The van der Waals surface area contributed by atoms with Crippen LogP contribution in [-0.2, 0) is 23.5 Å². The van der Waals surface area contributed by atoms with E-state index in [9.17, 15) is 44.3 Å². The molecule has 13 nitrogen and oxygen atoms in total. The van der Waals surface area contributed by atoms with Crippen molar-refractivity contribution in [1.29, 1.82) is 0 Å². The van der Waals surface area contributed by atoms with Crippen molar-refractivity contribution < 1.29 is 48.8 Å². The number of hydrogen-bond acceptors (Lipinski definition) is 9. The molecule has 14 heteroatoms. The number of nitrogens with zero attached hydrogens (tertiary/aromatic N) is 1. The number of rotatable bonds is 18. The van der Waals surface area contributed by atoms with Gasteiger partial charge in [-0.3, -0.25) is 19.1 Å². The predicted molar refractivity (Wildman–Crippen MR) is 135 cm³/mol. The fraction of sp³-hybridized carbons (Fsp3) is 0.870. The van der Waals surface area contributed by atoms with Crippen molar-refractivity contribution in [3.8, 4) is 0 Å². The molecule has 1 heterocycles. The highest BCUT2D eigenvalue weighted by Crippen LogP contribution is 2.43. The number of carboxylic acid groups (broad SMARTS) is 1. The Bertz CT molecular complexity index is 801. The van der Waals surface area contributed by atoms with Crippen LogP contribution in [0.3, 0.4) is 0 Å². The van der Waals surface area contributed by atoms with Gasteiger partial charge in [-0.2, -0.15) is 0 Å². The van der Waals surface area contributed by atoms with Gasteiger partial charge in [0.1, 0.15) is 0 Å². The summed E-state index contributed by atoms with van der Waals surface area (Å²) in [6, 6.07) is -1.78. The summed E-state index contributed by atoms with van der Waals surface area (Å²) < 4.78 is 17.8. The first-order valence-electron chi connectivity index (χ1n) is 12.8. The fourth-order valence-electron chi connectivity index (χ4n) is 4.25. The number of nitrogens with one attached hydrogen (secondary N) is 2. The van der Waals surface area contributed by atoms with E-state index in [4.69, 9.17) is 4.52 Å². The molecule has 0 spiro atoms. The lowest BCUT2D eigenvalue weighted by atomic mass is 10.0. The van der Waals surface area contributed by atoms with Crippen molar-refractivity contribution in [2.24, 2.45) is 0 Å². The summed E-state index contributed by atoms with van der Waals surface area (Å²) in [4.78, 5) is 47.1. The van der Waals surface area contributed by atoms with Crippen LogP contribution in [0.4, 0.5) is 0 Å². The second-order valence-electron chi connectivity index (χ2n) is 9.81. The normalized spacial score (nSPS) is 25.3. The fourth-order valence-corrected chi connectivity index (χ4v) is 5.32. The smallest absolute Gasteiger partial charge is 0.331 e. The SMILES string of the molecule is CCCCCCCCC(=O)NC(C)(COP(=O)(O)CCN1[C@H](CO)[C@@H](O)[C@H](O)[C@H]1CNC(C)=O)C(=O)O. The molecule has 1 aliphatic rings. The molecule has 2 unspecified atom stereocenters. The van der Waals surface area contributed by atoms with E-state index in [2.05, 4.69) is 17.6 Å². The zero-order valence-corrected chi connectivity index (χ0v) is 22.9. The van der Waals surface area contributed by atoms with E-state index in [0.717, 1.165) is 32.1 Å². The molecule has 0 aromatic carbocycles. The Labute approximate surface area is 218 Å². The van der Waals surface area contributed by atoms with E-state index in [1.54, 1.807) is 0 Å². The van der Waals surface area contributed by atoms with Crippen LogP contribution in [0.2, 0.25) is 0 Å². The number of aliphatic carboxylic acids is 1. The first-order chi connectivity index (χ1) is 17.3. The third kappa shape index (κ3) is 11.0. The first-order valence-corrected chi connectivity index (χ1v) is 14.5. The average Bonchev–Trinajstić information content (AvgIpc) is 3.05. The van der Waals surface area contributed by atoms with Gasteiger partial charge in [-0.05, 0) is 13.3 Å². The highest BCUT2D eigenvalue weighted by atomic mass is 31.2. The number of aliphatic hydroxyl groups excluding tert-OH is 3. The first kappa shape index (κ1) is 33.4. The van der Waals surface area contributed by atoms with Crippen molar-refractivity contribution in [2.75, 3.05) is 32.5 Å². The maximum absolute atomic E-state index is 12.7. The lowest BCUT2D eigenvalue weighted by Gasteiger charge is -2.31. The summed E-state index contributed by atoms with van der Waals surface area (Å²) in [7, 11) is -4.39. The molecule has 1 saturated heterocycles. The van der Waals surface area contributed by atoms with E-state index in [1.807, 2.05) is 0 Å². The van der Waals surface area contributed by atoms with Crippen LogP contribution in [0.1, 0.15) is 65.7 Å². The van der Waals surface area contributed by atoms with Gasteiger partial charge in [-0.25, -0.2) is 4.79 Å². The molecule has 0 aromatic heterocycles. The number of carbonyl (C=O) groups is 3. The number of unbranched alkanes of at least 4 members (excludes halogenated alkanes) is 5. The van der Waals surface area contributed by atoms with Crippen LogP contribution in [0.25, 0.3) is 0 Å². The molecule has 0 bridgehead atoms. The van der Waals surface area contributed by atoms with Gasteiger partial charge in [0.05, 0.1) is 43.7 Å². The van der Waals surface area contributed by atoms with Gasteiger partial charge in [-0.1, -0.05) is 39.0 Å². The van der Waals surface area contributed by atoms with Gasteiger partial charge in [0.25, 0.3) is 0 Å². The zero-order chi connectivity index (χ0) is 28.2. The monoisotopic (exact) mass is 553 g/mol. The molecule has 37 heavy (non-hydrogen) atoms. The molecule has 6 atom stereocenters. The number of hydrogen-bond donors (Lipinski definition) is 7. The highest BCUT2D eigenvalue weighted by molar-refractivity contribution is 7.52. The van der Waals surface area contributed by atoms with Crippen molar-refractivity contribution in [2.45, 2.75) is 95.5 Å². The quantitative estimate of drug-likeness (QED) is 0.0874. The minimum absolute atomic E-state index is 0.0671. The van der Waals surface area contributed by atoms with Gasteiger partial charge < -0.3 is 40.5 Å². The van der Waals surface area contributed by atoms with Gasteiger partial charge in [-0.15, -0.1) is 0 Å². The zero-order valence-electron chi connectivity index (χ0n) is 22.0. The summed E-state index contributed by atoms with van der Waals surface area (Å²) in [5, 5.41) is 44.7.